The molecule has 0 saturated carbocycles. The molecule has 148 valence electrons. The van der Waals surface area contributed by atoms with Crippen LogP contribution in [-0.2, 0) is 4.79 Å². The van der Waals surface area contributed by atoms with Crippen LogP contribution >= 0.6 is 0 Å². The molecule has 1 atom stereocenters. The van der Waals surface area contributed by atoms with Crippen LogP contribution in [0.15, 0.2) is 42.9 Å². The summed E-state index contributed by atoms with van der Waals surface area (Å²) in [4.78, 5) is 26.2. The molecule has 0 bridgehead atoms. The molecule has 1 amide bonds. The highest BCUT2D eigenvalue weighted by Gasteiger charge is 2.27. The molecule has 0 radical (unpaired) electrons. The monoisotopic (exact) mass is 379 g/mol. The Morgan fingerprint density at radius 2 is 1.75 bits per heavy atom. The van der Waals surface area contributed by atoms with Crippen molar-refractivity contribution in [2.45, 2.75) is 38.5 Å². The van der Waals surface area contributed by atoms with Crippen LogP contribution in [0.25, 0.3) is 0 Å². The molecule has 6 heteroatoms. The maximum atomic E-state index is 13.1. The summed E-state index contributed by atoms with van der Waals surface area (Å²) in [5.74, 6) is 0.925. The second-order valence-electron chi connectivity index (χ2n) is 7.76. The number of amides is 1. The minimum absolute atomic E-state index is 0.0343. The Balaban J connectivity index is 1.45. The molecule has 6 nitrogen and oxygen atoms in total. The predicted molar refractivity (Wildman–Crippen MR) is 113 cm³/mol. The van der Waals surface area contributed by atoms with Gasteiger partial charge in [0.1, 0.15) is 5.82 Å². The van der Waals surface area contributed by atoms with Gasteiger partial charge in [0, 0.05) is 38.6 Å². The molecule has 1 N–H and O–H groups in total. The van der Waals surface area contributed by atoms with E-state index in [1.54, 1.807) is 18.6 Å². The van der Waals surface area contributed by atoms with Crippen LogP contribution in [0.2, 0.25) is 0 Å². The van der Waals surface area contributed by atoms with Crippen molar-refractivity contribution in [1.82, 2.24) is 9.97 Å². The standard InChI is InChI=1S/C22H29N5O/c28-22(18-8-7-15-27(17-18)21-16-23-11-12-24-21)25-19-9-3-4-10-20(19)26-13-5-1-2-6-14-26/h3-4,9-12,16,18H,1-2,5-8,13-15,17H2,(H,25,28). The minimum atomic E-state index is -0.0343. The van der Waals surface area contributed by atoms with Crippen LogP contribution in [0.1, 0.15) is 38.5 Å². The first-order chi connectivity index (χ1) is 13.8. The summed E-state index contributed by atoms with van der Waals surface area (Å²) in [5, 5.41) is 3.23. The van der Waals surface area contributed by atoms with E-state index in [1.807, 2.05) is 12.1 Å². The molecule has 3 heterocycles. The van der Waals surface area contributed by atoms with E-state index in [-0.39, 0.29) is 11.8 Å². The number of nitrogens with zero attached hydrogens (tertiary/aromatic N) is 4. The lowest BCUT2D eigenvalue weighted by Gasteiger charge is -2.33. The quantitative estimate of drug-likeness (QED) is 0.877. The van der Waals surface area contributed by atoms with E-state index < -0.39 is 0 Å². The number of anilines is 3. The predicted octanol–water partition coefficient (Wildman–Crippen LogP) is 3.71. The van der Waals surface area contributed by atoms with Gasteiger partial charge in [-0.25, -0.2) is 4.98 Å². The molecule has 2 aliphatic heterocycles. The van der Waals surface area contributed by atoms with E-state index in [1.165, 1.54) is 25.7 Å². The van der Waals surface area contributed by atoms with Crippen LogP contribution < -0.4 is 15.1 Å². The van der Waals surface area contributed by atoms with Crippen molar-refractivity contribution >= 4 is 23.1 Å². The number of piperidine rings is 1. The highest BCUT2D eigenvalue weighted by atomic mass is 16.1. The largest absolute Gasteiger partial charge is 0.370 e. The van der Waals surface area contributed by atoms with Crippen molar-refractivity contribution < 1.29 is 4.79 Å². The first kappa shape index (κ1) is 18.7. The number of hydrogen-bond donors (Lipinski definition) is 1. The van der Waals surface area contributed by atoms with Gasteiger partial charge in [0.05, 0.1) is 23.5 Å². The molecule has 0 aliphatic carbocycles. The highest BCUT2D eigenvalue weighted by Crippen LogP contribution is 2.29. The Labute approximate surface area is 167 Å². The van der Waals surface area contributed by atoms with Crippen LogP contribution in [0, 0.1) is 5.92 Å². The molecule has 28 heavy (non-hydrogen) atoms. The lowest BCUT2D eigenvalue weighted by Crippen LogP contribution is -2.41. The number of aromatic nitrogens is 2. The van der Waals surface area contributed by atoms with E-state index in [4.69, 9.17) is 0 Å². The minimum Gasteiger partial charge on any atom is -0.370 e. The summed E-state index contributed by atoms with van der Waals surface area (Å²) in [7, 11) is 0. The summed E-state index contributed by atoms with van der Waals surface area (Å²) in [6.45, 7) is 3.75. The summed E-state index contributed by atoms with van der Waals surface area (Å²) in [6.07, 6.45) is 12.1. The Hall–Kier alpha value is -2.63. The van der Waals surface area contributed by atoms with Gasteiger partial charge >= 0.3 is 0 Å². The lowest BCUT2D eigenvalue weighted by molar-refractivity contribution is -0.120. The number of benzene rings is 1. The Bertz CT molecular complexity index is 774. The highest BCUT2D eigenvalue weighted by molar-refractivity contribution is 5.96. The molecular weight excluding hydrogens is 350 g/mol. The van der Waals surface area contributed by atoms with E-state index in [9.17, 15) is 4.79 Å². The van der Waals surface area contributed by atoms with Crippen molar-refractivity contribution in [3.05, 3.63) is 42.9 Å². The van der Waals surface area contributed by atoms with Gasteiger partial charge < -0.3 is 15.1 Å². The number of hydrogen-bond acceptors (Lipinski definition) is 5. The average Bonchev–Trinajstić information content (AvgIpc) is 3.04. The zero-order valence-corrected chi connectivity index (χ0v) is 16.4. The number of carbonyl (C=O) groups excluding carboxylic acids is 1. The van der Waals surface area contributed by atoms with Gasteiger partial charge in [0.25, 0.3) is 0 Å². The van der Waals surface area contributed by atoms with E-state index >= 15 is 0 Å². The normalized spacial score (nSPS) is 20.5. The van der Waals surface area contributed by atoms with Crippen molar-refractivity contribution in [1.29, 1.82) is 0 Å². The van der Waals surface area contributed by atoms with E-state index in [0.29, 0.717) is 6.54 Å². The molecule has 4 rings (SSSR count). The van der Waals surface area contributed by atoms with Gasteiger partial charge in [0.15, 0.2) is 0 Å². The molecule has 2 aromatic rings. The van der Waals surface area contributed by atoms with Gasteiger partial charge in [-0.15, -0.1) is 0 Å². The van der Waals surface area contributed by atoms with Crippen molar-refractivity contribution in [3.63, 3.8) is 0 Å². The van der Waals surface area contributed by atoms with Gasteiger partial charge in [0.2, 0.25) is 5.91 Å². The van der Waals surface area contributed by atoms with Crippen molar-refractivity contribution in [3.8, 4) is 0 Å². The molecule has 2 saturated heterocycles. The summed E-state index contributed by atoms with van der Waals surface area (Å²) < 4.78 is 0. The lowest BCUT2D eigenvalue weighted by atomic mass is 9.97. The average molecular weight is 380 g/mol. The molecular formula is C22H29N5O. The molecule has 1 aromatic heterocycles. The van der Waals surface area contributed by atoms with Crippen LogP contribution in [0.5, 0.6) is 0 Å². The van der Waals surface area contributed by atoms with Gasteiger partial charge in [-0.05, 0) is 37.8 Å². The van der Waals surface area contributed by atoms with Crippen molar-refractivity contribution in [2.24, 2.45) is 5.92 Å². The Kier molecular flexibility index (Phi) is 6.04. The molecule has 2 aliphatic rings. The second-order valence-corrected chi connectivity index (χ2v) is 7.76. The third-order valence-corrected chi connectivity index (χ3v) is 5.77. The molecule has 2 fully saturated rings. The van der Waals surface area contributed by atoms with Crippen LogP contribution in [0.3, 0.4) is 0 Å². The zero-order valence-electron chi connectivity index (χ0n) is 16.4. The zero-order chi connectivity index (χ0) is 19.2. The van der Waals surface area contributed by atoms with E-state index in [0.717, 1.165) is 49.7 Å². The van der Waals surface area contributed by atoms with Gasteiger partial charge in [-0.1, -0.05) is 25.0 Å². The van der Waals surface area contributed by atoms with Crippen LogP contribution in [-0.4, -0.2) is 42.1 Å². The summed E-state index contributed by atoms with van der Waals surface area (Å²) in [5.41, 5.74) is 2.09. The number of nitrogens with one attached hydrogen (secondary N) is 1. The van der Waals surface area contributed by atoms with Crippen molar-refractivity contribution in [2.75, 3.05) is 41.3 Å². The third-order valence-electron chi connectivity index (χ3n) is 5.77. The summed E-state index contributed by atoms with van der Waals surface area (Å²) in [6, 6.07) is 8.23. The number of para-hydroxylation sites is 2. The van der Waals surface area contributed by atoms with Gasteiger partial charge in [-0.2, -0.15) is 0 Å². The maximum Gasteiger partial charge on any atom is 0.229 e. The Morgan fingerprint density at radius 1 is 0.964 bits per heavy atom. The number of carbonyl (C=O) groups is 1. The topological polar surface area (TPSA) is 61.4 Å². The fourth-order valence-electron chi connectivity index (χ4n) is 4.26. The number of rotatable bonds is 4. The third kappa shape index (κ3) is 4.43. The fraction of sp³-hybridized carbons (Fsp3) is 0.500. The molecule has 1 unspecified atom stereocenters. The second kappa shape index (κ2) is 9.04. The smallest absolute Gasteiger partial charge is 0.229 e. The molecule has 0 spiro atoms. The summed E-state index contributed by atoms with van der Waals surface area (Å²) >= 11 is 0. The SMILES string of the molecule is O=C(Nc1ccccc1N1CCCCCC1)C1CCCN(c2cnccn2)C1. The fourth-order valence-corrected chi connectivity index (χ4v) is 4.26. The maximum absolute atomic E-state index is 13.1. The molecule has 1 aromatic carbocycles. The van der Waals surface area contributed by atoms with Crippen LogP contribution in [0.4, 0.5) is 17.2 Å². The first-order valence-corrected chi connectivity index (χ1v) is 10.5. The Morgan fingerprint density at radius 3 is 2.54 bits per heavy atom. The van der Waals surface area contributed by atoms with E-state index in [2.05, 4.69) is 37.2 Å². The first-order valence-electron chi connectivity index (χ1n) is 10.5. The van der Waals surface area contributed by atoms with Gasteiger partial charge in [-0.3, -0.25) is 9.78 Å².